The topological polar surface area (TPSA) is 144 Å². The monoisotopic (exact) mass is 568 g/mol. The van der Waals surface area contributed by atoms with Crippen molar-refractivity contribution in [3.8, 4) is 23.0 Å². The molecule has 0 bridgehead atoms. The van der Waals surface area contributed by atoms with Crippen molar-refractivity contribution in [3.63, 3.8) is 0 Å². The summed E-state index contributed by atoms with van der Waals surface area (Å²) < 4.78 is 17.9. The molecule has 40 heavy (non-hydrogen) atoms. The normalized spacial score (nSPS) is 15.7. The molecular weight excluding hydrogens is 532 g/mol. The summed E-state index contributed by atoms with van der Waals surface area (Å²) in [5, 5.41) is 18.5. The highest BCUT2D eigenvalue weighted by molar-refractivity contribution is 6.00. The number of benzene rings is 3. The number of nitrogens with zero attached hydrogens (tertiary/aromatic N) is 1. The second-order valence-electron chi connectivity index (χ2n) is 10.1. The fraction of sp³-hybridized carbons (Fsp3) is 0.333. The quantitative estimate of drug-likeness (QED) is 0.205. The van der Waals surface area contributed by atoms with Crippen molar-refractivity contribution in [2.24, 2.45) is 11.5 Å². The number of guanidine groups is 1. The Morgan fingerprint density at radius 3 is 2.38 bits per heavy atom. The van der Waals surface area contributed by atoms with Crippen LogP contribution in [0.3, 0.4) is 0 Å². The van der Waals surface area contributed by atoms with Crippen molar-refractivity contribution < 1.29 is 24.1 Å². The Balaban J connectivity index is 0.00000441. The Hall–Kier alpha value is -4.11. The largest absolute Gasteiger partial charge is 0.507 e. The lowest BCUT2D eigenvalue weighted by molar-refractivity contribution is -0.119. The van der Waals surface area contributed by atoms with Gasteiger partial charge in [-0.15, -0.1) is 12.4 Å². The highest BCUT2D eigenvalue weighted by Gasteiger charge is 2.34. The van der Waals surface area contributed by atoms with E-state index in [0.29, 0.717) is 41.7 Å². The van der Waals surface area contributed by atoms with E-state index < -0.39 is 5.91 Å². The van der Waals surface area contributed by atoms with Gasteiger partial charge < -0.3 is 30.8 Å². The lowest BCUT2D eigenvalue weighted by Gasteiger charge is -2.38. The van der Waals surface area contributed by atoms with Gasteiger partial charge in [0.2, 0.25) is 0 Å². The number of primary amides is 1. The van der Waals surface area contributed by atoms with Gasteiger partial charge in [0.05, 0.1) is 12.3 Å². The summed E-state index contributed by atoms with van der Waals surface area (Å²) in [7, 11) is 0. The van der Waals surface area contributed by atoms with E-state index in [9.17, 15) is 9.90 Å². The van der Waals surface area contributed by atoms with Gasteiger partial charge in [-0.05, 0) is 93.6 Å². The number of amides is 1. The van der Waals surface area contributed by atoms with Crippen LogP contribution in [0.1, 0.15) is 42.0 Å². The first-order valence-corrected chi connectivity index (χ1v) is 12.9. The van der Waals surface area contributed by atoms with E-state index in [0.717, 1.165) is 40.8 Å². The predicted octanol–water partition coefficient (Wildman–Crippen LogP) is 5.19. The average Bonchev–Trinajstić information content (AvgIpc) is 2.90. The molecule has 0 aliphatic carbocycles. The summed E-state index contributed by atoms with van der Waals surface area (Å²) in [5.41, 5.74) is 15.8. The minimum absolute atomic E-state index is 0. The van der Waals surface area contributed by atoms with Crippen molar-refractivity contribution in [1.82, 2.24) is 0 Å². The number of rotatable bonds is 9. The molecule has 1 atom stereocenters. The molecule has 1 unspecified atom stereocenters. The maximum absolute atomic E-state index is 11.0. The molecule has 0 radical (unpaired) electrons. The minimum Gasteiger partial charge on any atom is -0.507 e. The summed E-state index contributed by atoms with van der Waals surface area (Å²) in [4.78, 5) is 12.6. The first-order valence-electron chi connectivity index (χ1n) is 12.9. The molecule has 4 rings (SSSR count). The Labute approximate surface area is 240 Å². The van der Waals surface area contributed by atoms with Gasteiger partial charge in [-0.1, -0.05) is 6.07 Å². The third-order valence-corrected chi connectivity index (χ3v) is 7.28. The first-order chi connectivity index (χ1) is 18.5. The molecule has 1 heterocycles. The number of hydrogen-bond acceptors (Lipinski definition) is 6. The summed E-state index contributed by atoms with van der Waals surface area (Å²) in [6, 6.07) is 14.2. The van der Waals surface area contributed by atoms with E-state index in [1.165, 1.54) is 0 Å². The van der Waals surface area contributed by atoms with Crippen LogP contribution in [-0.4, -0.2) is 35.8 Å². The number of halogens is 1. The van der Waals surface area contributed by atoms with Gasteiger partial charge in [-0.25, -0.2) is 0 Å². The van der Waals surface area contributed by atoms with Gasteiger partial charge in [-0.2, -0.15) is 0 Å². The van der Waals surface area contributed by atoms with Gasteiger partial charge in [-0.3, -0.25) is 15.1 Å². The molecule has 0 saturated carbocycles. The van der Waals surface area contributed by atoms with Crippen LogP contribution in [0.25, 0.3) is 0 Å². The number of carbonyl (C=O) groups is 1. The molecule has 1 aliphatic heterocycles. The number of aromatic hydroxyl groups is 1. The van der Waals surface area contributed by atoms with Crippen LogP contribution in [0.5, 0.6) is 23.0 Å². The third-order valence-electron chi connectivity index (χ3n) is 7.28. The standard InChI is InChI=1S/C30H36N4O5.ClH/c1-18-19(2)28-25(20(3)27(18)36)12-13-30(4,39-28)14-15-37-23-10-8-21(9-11-23)34(29(32)33)22-6-5-7-24(16-22)38-17-26(31)35;/h5-11,16,36H,12-15,17H2,1-4H3,(H2,31,35)(H3,32,33);1H. The number of nitrogens with one attached hydrogen (secondary N) is 1. The summed E-state index contributed by atoms with van der Waals surface area (Å²) >= 11 is 0. The molecule has 1 amide bonds. The second-order valence-corrected chi connectivity index (χ2v) is 10.1. The van der Waals surface area contributed by atoms with Gasteiger partial charge >= 0.3 is 0 Å². The van der Waals surface area contributed by atoms with E-state index in [4.69, 9.17) is 31.1 Å². The SMILES string of the molecule is Cc1c(C)c2c(c(C)c1O)CCC(C)(CCOc1ccc(N(C(=N)N)c3cccc(OCC(N)=O)c3)cc1)O2.Cl. The number of hydrogen-bond donors (Lipinski definition) is 4. The number of phenolic OH excluding ortho intramolecular Hbond substituents is 1. The van der Waals surface area contributed by atoms with Crippen LogP contribution >= 0.6 is 12.4 Å². The fourth-order valence-electron chi connectivity index (χ4n) is 4.84. The number of carbonyl (C=O) groups excluding carboxylic acids is 1. The fourth-order valence-corrected chi connectivity index (χ4v) is 4.84. The van der Waals surface area contributed by atoms with Gasteiger partial charge in [0.15, 0.2) is 12.6 Å². The van der Waals surface area contributed by atoms with E-state index in [1.807, 2.05) is 45.0 Å². The van der Waals surface area contributed by atoms with Crippen LogP contribution in [0.15, 0.2) is 48.5 Å². The number of phenols is 1. The lowest BCUT2D eigenvalue weighted by Crippen LogP contribution is -2.38. The van der Waals surface area contributed by atoms with Crippen molar-refractivity contribution in [3.05, 3.63) is 70.8 Å². The molecule has 1 aliphatic rings. The Morgan fingerprint density at radius 2 is 1.73 bits per heavy atom. The zero-order valence-electron chi connectivity index (χ0n) is 23.2. The number of anilines is 2. The highest BCUT2D eigenvalue weighted by atomic mass is 35.5. The molecule has 0 fully saturated rings. The lowest BCUT2D eigenvalue weighted by atomic mass is 9.86. The van der Waals surface area contributed by atoms with E-state index in [-0.39, 0.29) is 30.6 Å². The van der Waals surface area contributed by atoms with Crippen LogP contribution < -0.4 is 30.6 Å². The third kappa shape index (κ3) is 6.54. The highest BCUT2D eigenvalue weighted by Crippen LogP contribution is 2.44. The summed E-state index contributed by atoms with van der Waals surface area (Å²) in [5.74, 6) is 1.62. The molecule has 214 valence electrons. The number of ether oxygens (including phenoxy) is 3. The van der Waals surface area contributed by atoms with Crippen molar-refractivity contribution in [2.75, 3.05) is 18.1 Å². The molecule has 0 aromatic heterocycles. The van der Waals surface area contributed by atoms with Crippen molar-refractivity contribution in [1.29, 1.82) is 5.41 Å². The molecule has 9 nitrogen and oxygen atoms in total. The molecule has 3 aromatic rings. The van der Waals surface area contributed by atoms with Crippen LogP contribution in [0.2, 0.25) is 0 Å². The summed E-state index contributed by atoms with van der Waals surface area (Å²) in [6.45, 7) is 8.19. The minimum atomic E-state index is -0.575. The van der Waals surface area contributed by atoms with Crippen LogP contribution in [-0.2, 0) is 11.2 Å². The average molecular weight is 569 g/mol. The predicted molar refractivity (Wildman–Crippen MR) is 159 cm³/mol. The Morgan fingerprint density at radius 1 is 1.02 bits per heavy atom. The van der Waals surface area contributed by atoms with E-state index in [1.54, 1.807) is 29.2 Å². The molecular formula is C30H37ClN4O5. The van der Waals surface area contributed by atoms with Gasteiger partial charge in [0.25, 0.3) is 5.91 Å². The van der Waals surface area contributed by atoms with E-state index in [2.05, 4.69) is 6.92 Å². The van der Waals surface area contributed by atoms with Crippen LogP contribution in [0.4, 0.5) is 11.4 Å². The van der Waals surface area contributed by atoms with Crippen molar-refractivity contribution in [2.45, 2.75) is 52.6 Å². The zero-order chi connectivity index (χ0) is 28.3. The number of nitrogens with two attached hydrogens (primary N) is 2. The molecule has 3 aromatic carbocycles. The molecule has 0 spiro atoms. The van der Waals surface area contributed by atoms with Crippen molar-refractivity contribution >= 4 is 35.6 Å². The maximum atomic E-state index is 11.0. The zero-order valence-corrected chi connectivity index (χ0v) is 24.1. The van der Waals surface area contributed by atoms with Gasteiger partial charge in [0.1, 0.15) is 28.6 Å². The van der Waals surface area contributed by atoms with E-state index >= 15 is 0 Å². The maximum Gasteiger partial charge on any atom is 0.255 e. The molecule has 10 heteroatoms. The molecule has 6 N–H and O–H groups in total. The first kappa shape index (κ1) is 30.4. The number of fused-ring (bicyclic) bond motifs is 1. The van der Waals surface area contributed by atoms with Gasteiger partial charge in [0, 0.05) is 23.7 Å². The van der Waals surface area contributed by atoms with Crippen LogP contribution in [0, 0.1) is 26.2 Å². The summed E-state index contributed by atoms with van der Waals surface area (Å²) in [6.07, 6.45) is 2.38. The Bertz CT molecular complexity index is 1400. The Kier molecular flexibility index (Phi) is 9.42. The molecule has 0 saturated heterocycles. The second kappa shape index (κ2) is 12.4. The smallest absolute Gasteiger partial charge is 0.255 e.